The maximum absolute atomic E-state index is 12.9. The van der Waals surface area contributed by atoms with Gasteiger partial charge in [-0.2, -0.15) is 8.42 Å². The van der Waals surface area contributed by atoms with E-state index in [9.17, 15) is 16.8 Å². The second-order valence-corrected chi connectivity index (χ2v) is 10.7. The highest BCUT2D eigenvalue weighted by atomic mass is 32.3. The standard InChI is InChI=1S/C16H16N2O4S3/c19-24(20,15-9-3-1-4-10-15)17-23-14-8-7-13-18(23)25(21,22)16-11-5-2-6-12-16/h1-12H,13-14H2/t23-/m1/s1. The lowest BCUT2D eigenvalue weighted by atomic mass is 10.4. The van der Waals surface area contributed by atoms with Gasteiger partial charge in [-0.15, -0.1) is 7.48 Å². The Morgan fingerprint density at radius 3 is 1.96 bits per heavy atom. The molecule has 1 aliphatic rings. The second kappa shape index (κ2) is 7.20. The molecule has 1 atom stereocenters. The van der Waals surface area contributed by atoms with Crippen molar-refractivity contribution < 1.29 is 16.8 Å². The van der Waals surface area contributed by atoms with Gasteiger partial charge in [0.05, 0.1) is 9.79 Å². The molecule has 0 saturated heterocycles. The normalized spacial score (nSPS) is 19.1. The van der Waals surface area contributed by atoms with Gasteiger partial charge in [0.25, 0.3) is 20.0 Å². The molecule has 0 amide bonds. The average Bonchev–Trinajstić information content (AvgIpc) is 2.63. The fourth-order valence-corrected chi connectivity index (χ4v) is 7.86. The zero-order valence-electron chi connectivity index (χ0n) is 13.1. The van der Waals surface area contributed by atoms with E-state index < -0.39 is 30.9 Å². The van der Waals surface area contributed by atoms with Crippen LogP contribution in [0.15, 0.2) is 86.4 Å². The number of nitrogens with zero attached hydrogens (tertiary/aromatic N) is 2. The molecule has 25 heavy (non-hydrogen) atoms. The Hall–Kier alpha value is -1.81. The lowest BCUT2D eigenvalue weighted by Gasteiger charge is -2.25. The Morgan fingerprint density at radius 2 is 1.36 bits per heavy atom. The van der Waals surface area contributed by atoms with Crippen LogP contribution in [0.25, 0.3) is 0 Å². The van der Waals surface area contributed by atoms with Gasteiger partial charge >= 0.3 is 0 Å². The molecule has 1 aliphatic heterocycles. The monoisotopic (exact) mass is 396 g/mol. The minimum absolute atomic E-state index is 0.0501. The minimum atomic E-state index is -3.94. The Balaban J connectivity index is 2.05. The maximum Gasteiger partial charge on any atom is 0.289 e. The van der Waals surface area contributed by atoms with E-state index >= 15 is 0 Å². The summed E-state index contributed by atoms with van der Waals surface area (Å²) in [6.07, 6.45) is 3.46. The maximum atomic E-state index is 12.9. The van der Waals surface area contributed by atoms with Crippen LogP contribution in [0, 0.1) is 0 Å². The predicted molar refractivity (Wildman–Crippen MR) is 97.8 cm³/mol. The molecule has 0 aliphatic carbocycles. The first-order chi connectivity index (χ1) is 11.9. The van der Waals surface area contributed by atoms with Crippen molar-refractivity contribution in [2.75, 3.05) is 12.3 Å². The molecule has 0 N–H and O–H groups in total. The van der Waals surface area contributed by atoms with Crippen LogP contribution in [0.3, 0.4) is 0 Å². The van der Waals surface area contributed by atoms with E-state index in [4.69, 9.17) is 0 Å². The highest BCUT2D eigenvalue weighted by Gasteiger charge is 2.30. The number of sulfonamides is 2. The molecular formula is C16H16N2O4S3. The van der Waals surface area contributed by atoms with Crippen molar-refractivity contribution in [3.63, 3.8) is 0 Å². The van der Waals surface area contributed by atoms with Gasteiger partial charge in [-0.05, 0) is 24.3 Å². The predicted octanol–water partition coefficient (Wildman–Crippen LogP) is 2.35. The summed E-state index contributed by atoms with van der Waals surface area (Å²) in [4.78, 5) is 0.171. The number of hydrogen-bond donors (Lipinski definition) is 0. The smallest absolute Gasteiger partial charge is 0.206 e. The summed E-state index contributed by atoms with van der Waals surface area (Å²) < 4.78 is 55.8. The largest absolute Gasteiger partial charge is 0.289 e. The minimum Gasteiger partial charge on any atom is -0.206 e. The summed E-state index contributed by atoms with van der Waals surface area (Å²) >= 11 is 0. The first-order valence-corrected chi connectivity index (χ1v) is 11.6. The Kier molecular flexibility index (Phi) is 5.19. The molecule has 0 fully saturated rings. The first-order valence-electron chi connectivity index (χ1n) is 7.38. The van der Waals surface area contributed by atoms with Crippen molar-refractivity contribution in [2.45, 2.75) is 9.79 Å². The summed E-state index contributed by atoms with van der Waals surface area (Å²) in [6, 6.07) is 15.7. The molecule has 0 aromatic heterocycles. The SMILES string of the molecule is O=S(=O)(N=[S@]1CC=CCN1S(=O)(=O)c1ccccc1)c1ccccc1. The molecule has 3 rings (SSSR count). The van der Waals surface area contributed by atoms with Crippen molar-refractivity contribution in [3.8, 4) is 0 Å². The van der Waals surface area contributed by atoms with E-state index in [1.165, 1.54) is 24.3 Å². The molecule has 132 valence electrons. The van der Waals surface area contributed by atoms with Crippen molar-refractivity contribution in [2.24, 2.45) is 3.77 Å². The van der Waals surface area contributed by atoms with Gasteiger partial charge in [-0.3, -0.25) is 0 Å². The molecule has 0 spiro atoms. The van der Waals surface area contributed by atoms with Crippen LogP contribution in [0.4, 0.5) is 0 Å². The van der Waals surface area contributed by atoms with Crippen LogP contribution in [0.1, 0.15) is 0 Å². The van der Waals surface area contributed by atoms with Gasteiger partial charge in [0.2, 0.25) is 0 Å². The average molecular weight is 397 g/mol. The quantitative estimate of drug-likeness (QED) is 0.743. The van der Waals surface area contributed by atoms with Crippen LogP contribution >= 0.6 is 0 Å². The molecule has 2 aromatic rings. The second-order valence-electron chi connectivity index (χ2n) is 5.14. The molecule has 1 heterocycles. The van der Waals surface area contributed by atoms with Crippen LogP contribution in [0.5, 0.6) is 0 Å². The number of benzene rings is 2. The fraction of sp³-hybridized carbons (Fsp3) is 0.125. The molecule has 0 saturated carbocycles. The first kappa shape index (κ1) is 18.0. The van der Waals surface area contributed by atoms with Crippen molar-refractivity contribution >= 4 is 30.9 Å². The van der Waals surface area contributed by atoms with Gasteiger partial charge in [0, 0.05) is 23.2 Å². The van der Waals surface area contributed by atoms with E-state index in [0.717, 1.165) is 3.71 Å². The molecule has 6 nitrogen and oxygen atoms in total. The summed E-state index contributed by atoms with van der Waals surface area (Å²) in [5.41, 5.74) is 0. The topological polar surface area (TPSA) is 83.9 Å². The zero-order chi connectivity index (χ0) is 17.9. The zero-order valence-corrected chi connectivity index (χ0v) is 15.5. The molecule has 9 heteroatoms. The van der Waals surface area contributed by atoms with E-state index in [1.807, 2.05) is 0 Å². The Labute approximate surface area is 150 Å². The van der Waals surface area contributed by atoms with E-state index in [2.05, 4.69) is 3.77 Å². The Morgan fingerprint density at radius 1 is 0.800 bits per heavy atom. The van der Waals surface area contributed by atoms with Gasteiger partial charge < -0.3 is 0 Å². The highest BCUT2D eigenvalue weighted by molar-refractivity contribution is 8.06. The lowest BCUT2D eigenvalue weighted by molar-refractivity contribution is 0.553. The van der Waals surface area contributed by atoms with Gasteiger partial charge in [0.15, 0.2) is 0 Å². The third kappa shape index (κ3) is 3.90. The fourth-order valence-electron chi connectivity index (χ4n) is 2.22. The Bertz CT molecular complexity index is 1020. The number of hydrogen-bond acceptors (Lipinski definition) is 4. The highest BCUT2D eigenvalue weighted by Crippen LogP contribution is 2.23. The van der Waals surface area contributed by atoms with Crippen molar-refractivity contribution in [1.29, 1.82) is 0 Å². The van der Waals surface area contributed by atoms with Crippen molar-refractivity contribution in [1.82, 2.24) is 3.71 Å². The molecule has 0 bridgehead atoms. The van der Waals surface area contributed by atoms with Crippen LogP contribution in [-0.2, 0) is 30.9 Å². The summed E-state index contributed by atoms with van der Waals surface area (Å²) in [6.45, 7) is 0.0914. The third-order valence-corrected chi connectivity index (χ3v) is 9.54. The van der Waals surface area contributed by atoms with Gasteiger partial charge in [-0.25, -0.2) is 8.42 Å². The number of rotatable bonds is 4. The summed E-state index contributed by atoms with van der Waals surface area (Å²) in [5, 5.41) is 0. The molecule has 0 radical (unpaired) electrons. The van der Waals surface area contributed by atoms with E-state index in [-0.39, 0.29) is 22.1 Å². The summed E-state index contributed by atoms with van der Waals surface area (Å²) in [7, 11) is -9.09. The van der Waals surface area contributed by atoms with E-state index in [0.29, 0.717) is 0 Å². The van der Waals surface area contributed by atoms with Crippen LogP contribution in [0.2, 0.25) is 0 Å². The molecular weight excluding hydrogens is 380 g/mol. The van der Waals surface area contributed by atoms with Crippen molar-refractivity contribution in [3.05, 3.63) is 72.8 Å². The van der Waals surface area contributed by atoms with Gasteiger partial charge in [0.1, 0.15) is 0 Å². The third-order valence-electron chi connectivity index (χ3n) is 3.44. The lowest BCUT2D eigenvalue weighted by Crippen LogP contribution is -2.36. The van der Waals surface area contributed by atoms with Gasteiger partial charge in [-0.1, -0.05) is 48.6 Å². The summed E-state index contributed by atoms with van der Waals surface area (Å²) in [5.74, 6) is 0.234. The van der Waals surface area contributed by atoms with Crippen LogP contribution < -0.4 is 0 Å². The van der Waals surface area contributed by atoms with Crippen LogP contribution in [-0.4, -0.2) is 32.8 Å². The van der Waals surface area contributed by atoms with E-state index in [1.54, 1.807) is 48.6 Å². The molecule has 0 unspecified atom stereocenters. The molecule has 2 aromatic carbocycles.